The standard InChI is InChI=1S/C15H22N4O3/c1-12-8-15(16-9-14(12)19(20)21)18-5-3-17(4-6-18)10-13-2-7-22-11-13/h8-9,13H,2-7,10-11H2,1H3. The molecule has 0 N–H and O–H groups in total. The molecule has 1 unspecified atom stereocenters. The summed E-state index contributed by atoms with van der Waals surface area (Å²) in [5.74, 6) is 1.51. The zero-order valence-corrected chi connectivity index (χ0v) is 12.9. The van der Waals surface area contributed by atoms with E-state index in [0.717, 1.165) is 51.8 Å². The van der Waals surface area contributed by atoms with Crippen LogP contribution in [-0.2, 0) is 4.74 Å². The highest BCUT2D eigenvalue weighted by Crippen LogP contribution is 2.22. The van der Waals surface area contributed by atoms with Crippen molar-refractivity contribution in [3.05, 3.63) is 27.9 Å². The molecule has 22 heavy (non-hydrogen) atoms. The van der Waals surface area contributed by atoms with E-state index in [9.17, 15) is 10.1 Å². The second-order valence-electron chi connectivity index (χ2n) is 6.10. The van der Waals surface area contributed by atoms with Crippen LogP contribution in [0.2, 0.25) is 0 Å². The molecular formula is C15H22N4O3. The van der Waals surface area contributed by atoms with Gasteiger partial charge in [0.15, 0.2) is 0 Å². The van der Waals surface area contributed by atoms with Gasteiger partial charge in [0, 0.05) is 44.9 Å². The zero-order valence-electron chi connectivity index (χ0n) is 12.9. The molecule has 1 aromatic rings. The van der Waals surface area contributed by atoms with Crippen molar-refractivity contribution in [1.82, 2.24) is 9.88 Å². The van der Waals surface area contributed by atoms with E-state index in [1.807, 2.05) is 6.07 Å². The van der Waals surface area contributed by atoms with Crippen LogP contribution in [0.25, 0.3) is 0 Å². The Bertz CT molecular complexity index is 538. The van der Waals surface area contributed by atoms with Gasteiger partial charge in [-0.1, -0.05) is 0 Å². The monoisotopic (exact) mass is 306 g/mol. The van der Waals surface area contributed by atoms with Crippen LogP contribution in [0.1, 0.15) is 12.0 Å². The fourth-order valence-electron chi connectivity index (χ4n) is 3.15. The molecule has 0 bridgehead atoms. The van der Waals surface area contributed by atoms with Gasteiger partial charge in [-0.05, 0) is 25.3 Å². The number of hydrogen-bond acceptors (Lipinski definition) is 6. The minimum absolute atomic E-state index is 0.0867. The molecule has 7 nitrogen and oxygen atoms in total. The average Bonchev–Trinajstić information content (AvgIpc) is 3.00. The number of aromatic nitrogens is 1. The molecule has 0 aromatic carbocycles. The zero-order chi connectivity index (χ0) is 15.5. The molecule has 7 heteroatoms. The van der Waals surface area contributed by atoms with Gasteiger partial charge in [-0.3, -0.25) is 15.0 Å². The van der Waals surface area contributed by atoms with Crippen molar-refractivity contribution in [3.63, 3.8) is 0 Å². The highest BCUT2D eigenvalue weighted by Gasteiger charge is 2.24. The number of aryl methyl sites for hydroxylation is 1. The Morgan fingerprint density at radius 3 is 2.77 bits per heavy atom. The van der Waals surface area contributed by atoms with Gasteiger partial charge in [-0.2, -0.15) is 0 Å². The number of hydrogen-bond donors (Lipinski definition) is 0. The van der Waals surface area contributed by atoms with Crippen molar-refractivity contribution in [2.75, 3.05) is 50.8 Å². The summed E-state index contributed by atoms with van der Waals surface area (Å²) in [6, 6.07) is 1.82. The van der Waals surface area contributed by atoms with E-state index < -0.39 is 0 Å². The maximum Gasteiger partial charge on any atom is 0.290 e. The second-order valence-corrected chi connectivity index (χ2v) is 6.10. The Balaban J connectivity index is 1.56. The Labute approximate surface area is 130 Å². The topological polar surface area (TPSA) is 71.7 Å². The summed E-state index contributed by atoms with van der Waals surface area (Å²) in [5, 5.41) is 10.9. The van der Waals surface area contributed by atoms with Crippen molar-refractivity contribution >= 4 is 11.5 Å². The average molecular weight is 306 g/mol. The number of nitrogens with zero attached hydrogens (tertiary/aromatic N) is 4. The van der Waals surface area contributed by atoms with Crippen LogP contribution < -0.4 is 4.90 Å². The first-order chi connectivity index (χ1) is 10.6. The van der Waals surface area contributed by atoms with Crippen molar-refractivity contribution in [3.8, 4) is 0 Å². The summed E-state index contributed by atoms with van der Waals surface area (Å²) in [4.78, 5) is 19.4. The number of anilines is 1. The molecule has 2 aliphatic rings. The highest BCUT2D eigenvalue weighted by molar-refractivity contribution is 5.48. The third-order valence-corrected chi connectivity index (χ3v) is 4.50. The predicted molar refractivity (Wildman–Crippen MR) is 83.2 cm³/mol. The fraction of sp³-hybridized carbons (Fsp3) is 0.667. The lowest BCUT2D eigenvalue weighted by molar-refractivity contribution is -0.385. The summed E-state index contributed by atoms with van der Waals surface area (Å²) < 4.78 is 5.43. The predicted octanol–water partition coefficient (Wildman–Crippen LogP) is 1.46. The fourth-order valence-corrected chi connectivity index (χ4v) is 3.15. The van der Waals surface area contributed by atoms with E-state index in [-0.39, 0.29) is 10.6 Å². The van der Waals surface area contributed by atoms with Crippen LogP contribution in [0.4, 0.5) is 11.5 Å². The van der Waals surface area contributed by atoms with E-state index in [0.29, 0.717) is 11.5 Å². The van der Waals surface area contributed by atoms with Crippen LogP contribution in [0.5, 0.6) is 0 Å². The summed E-state index contributed by atoms with van der Waals surface area (Å²) in [6.45, 7) is 8.51. The molecule has 3 heterocycles. The van der Waals surface area contributed by atoms with Crippen LogP contribution in [0.15, 0.2) is 12.3 Å². The van der Waals surface area contributed by atoms with E-state index in [1.54, 1.807) is 6.92 Å². The van der Waals surface area contributed by atoms with Gasteiger partial charge in [0.25, 0.3) is 5.69 Å². The Morgan fingerprint density at radius 1 is 1.41 bits per heavy atom. The first-order valence-corrected chi connectivity index (χ1v) is 7.79. The third kappa shape index (κ3) is 3.36. The molecular weight excluding hydrogens is 284 g/mol. The molecule has 0 saturated carbocycles. The highest BCUT2D eigenvalue weighted by atomic mass is 16.6. The van der Waals surface area contributed by atoms with Crippen LogP contribution in [0, 0.1) is 23.0 Å². The normalized spacial score (nSPS) is 23.0. The smallest absolute Gasteiger partial charge is 0.290 e. The lowest BCUT2D eigenvalue weighted by Crippen LogP contribution is -2.48. The quantitative estimate of drug-likeness (QED) is 0.619. The van der Waals surface area contributed by atoms with E-state index >= 15 is 0 Å². The van der Waals surface area contributed by atoms with Crippen LogP contribution in [-0.4, -0.2) is 60.7 Å². The summed E-state index contributed by atoms with van der Waals surface area (Å²) in [7, 11) is 0. The molecule has 1 aromatic heterocycles. The molecule has 2 saturated heterocycles. The van der Waals surface area contributed by atoms with Gasteiger partial charge in [0.2, 0.25) is 0 Å². The van der Waals surface area contributed by atoms with Crippen molar-refractivity contribution in [2.45, 2.75) is 13.3 Å². The molecule has 120 valence electrons. The molecule has 2 fully saturated rings. The first-order valence-electron chi connectivity index (χ1n) is 7.79. The Morgan fingerprint density at radius 2 is 2.18 bits per heavy atom. The lowest BCUT2D eigenvalue weighted by atomic mass is 10.1. The molecule has 0 radical (unpaired) electrons. The van der Waals surface area contributed by atoms with Gasteiger partial charge >= 0.3 is 0 Å². The maximum absolute atomic E-state index is 10.9. The van der Waals surface area contributed by atoms with Gasteiger partial charge in [-0.15, -0.1) is 0 Å². The number of piperazine rings is 1. The molecule has 1 atom stereocenters. The van der Waals surface area contributed by atoms with E-state index in [1.165, 1.54) is 12.6 Å². The van der Waals surface area contributed by atoms with Crippen molar-refractivity contribution in [1.29, 1.82) is 0 Å². The largest absolute Gasteiger partial charge is 0.381 e. The minimum Gasteiger partial charge on any atom is -0.381 e. The molecule has 3 rings (SSSR count). The SMILES string of the molecule is Cc1cc(N2CCN(CC3CCOC3)CC2)ncc1[N+](=O)[O-]. The summed E-state index contributed by atoms with van der Waals surface area (Å²) in [5.41, 5.74) is 0.754. The minimum atomic E-state index is -0.381. The van der Waals surface area contributed by atoms with Crippen LogP contribution >= 0.6 is 0 Å². The van der Waals surface area contributed by atoms with E-state index in [4.69, 9.17) is 4.74 Å². The Kier molecular flexibility index (Phi) is 4.54. The third-order valence-electron chi connectivity index (χ3n) is 4.50. The molecule has 0 spiro atoms. The summed E-state index contributed by atoms with van der Waals surface area (Å²) >= 11 is 0. The first kappa shape index (κ1) is 15.2. The second kappa shape index (κ2) is 6.58. The lowest BCUT2D eigenvalue weighted by Gasteiger charge is -2.36. The molecule has 0 amide bonds. The maximum atomic E-state index is 10.9. The number of nitro groups is 1. The Hall–Kier alpha value is -1.73. The van der Waals surface area contributed by atoms with Gasteiger partial charge < -0.3 is 9.64 Å². The summed E-state index contributed by atoms with van der Waals surface area (Å²) in [6.07, 6.45) is 2.54. The van der Waals surface area contributed by atoms with Crippen LogP contribution in [0.3, 0.4) is 0 Å². The van der Waals surface area contributed by atoms with Gasteiger partial charge in [0.1, 0.15) is 12.0 Å². The van der Waals surface area contributed by atoms with Gasteiger partial charge in [0.05, 0.1) is 11.5 Å². The van der Waals surface area contributed by atoms with Crippen molar-refractivity contribution < 1.29 is 9.66 Å². The number of ether oxygens (including phenoxy) is 1. The number of rotatable bonds is 4. The molecule has 0 aliphatic carbocycles. The number of pyridine rings is 1. The van der Waals surface area contributed by atoms with Gasteiger partial charge in [-0.25, -0.2) is 4.98 Å². The molecule has 2 aliphatic heterocycles. The van der Waals surface area contributed by atoms with Crippen molar-refractivity contribution in [2.24, 2.45) is 5.92 Å². The van der Waals surface area contributed by atoms with E-state index in [2.05, 4.69) is 14.8 Å².